The van der Waals surface area contributed by atoms with E-state index in [0.717, 1.165) is 10.5 Å². The maximum Gasteiger partial charge on any atom is 0.401 e. The molecule has 1 aromatic carbocycles. The van der Waals surface area contributed by atoms with Gasteiger partial charge in [-0.25, -0.2) is 0 Å². The molecule has 0 spiro atoms. The van der Waals surface area contributed by atoms with Crippen molar-refractivity contribution in [1.29, 1.82) is 0 Å². The minimum absolute atomic E-state index is 0.315. The molecule has 21 heavy (non-hydrogen) atoms. The molecule has 3 N–H and O–H groups in total. The van der Waals surface area contributed by atoms with Crippen LogP contribution in [0.3, 0.4) is 0 Å². The lowest BCUT2D eigenvalue weighted by Crippen LogP contribution is -2.43. The second kappa shape index (κ2) is 7.42. The number of rotatable bonds is 6. The van der Waals surface area contributed by atoms with E-state index < -0.39 is 18.6 Å². The van der Waals surface area contributed by atoms with Crippen molar-refractivity contribution in [1.82, 2.24) is 4.90 Å². The number of halogens is 3. The van der Waals surface area contributed by atoms with E-state index in [1.165, 1.54) is 0 Å². The zero-order chi connectivity index (χ0) is 16.0. The molecule has 0 saturated heterocycles. The number of hydrogen-bond acceptors (Lipinski definition) is 3. The fraction of sp³-hybridized carbons (Fsp3) is 0.500. The van der Waals surface area contributed by atoms with Crippen LogP contribution in [0.15, 0.2) is 24.3 Å². The van der Waals surface area contributed by atoms with Crippen LogP contribution >= 0.6 is 0 Å². The molecule has 1 rings (SSSR count). The first-order valence-corrected chi connectivity index (χ1v) is 6.61. The number of nitrogens with one attached hydrogen (secondary N) is 1. The Morgan fingerprint density at radius 2 is 2.05 bits per heavy atom. The molecular weight excluding hydrogens is 283 g/mol. The van der Waals surface area contributed by atoms with E-state index in [0.29, 0.717) is 12.2 Å². The first kappa shape index (κ1) is 17.5. The minimum Gasteiger partial charge on any atom is -0.326 e. The highest BCUT2D eigenvalue weighted by Crippen LogP contribution is 2.18. The van der Waals surface area contributed by atoms with Gasteiger partial charge in [-0.2, -0.15) is 13.2 Å². The molecule has 0 aliphatic rings. The van der Waals surface area contributed by atoms with Crippen molar-refractivity contribution in [2.75, 3.05) is 18.4 Å². The Morgan fingerprint density at radius 1 is 1.38 bits per heavy atom. The molecule has 0 radical (unpaired) electrons. The van der Waals surface area contributed by atoms with Gasteiger partial charge in [0.25, 0.3) is 0 Å². The molecule has 0 bridgehead atoms. The van der Waals surface area contributed by atoms with Gasteiger partial charge >= 0.3 is 6.18 Å². The summed E-state index contributed by atoms with van der Waals surface area (Å²) in [6.07, 6.45) is -4.33. The molecule has 118 valence electrons. The first-order valence-electron chi connectivity index (χ1n) is 6.61. The van der Waals surface area contributed by atoms with E-state index >= 15 is 0 Å². The third-order valence-electron chi connectivity index (χ3n) is 2.91. The summed E-state index contributed by atoms with van der Waals surface area (Å²) in [5.41, 5.74) is 6.86. The molecule has 4 nitrogen and oxygen atoms in total. The fourth-order valence-corrected chi connectivity index (χ4v) is 1.81. The Labute approximate surface area is 122 Å². The lowest BCUT2D eigenvalue weighted by Gasteiger charge is -2.26. The Morgan fingerprint density at radius 3 is 2.57 bits per heavy atom. The number of carbonyl (C=O) groups is 1. The lowest BCUT2D eigenvalue weighted by molar-refractivity contribution is -0.151. The molecule has 0 aromatic heterocycles. The number of nitrogens with zero attached hydrogens (tertiary/aromatic N) is 1. The van der Waals surface area contributed by atoms with E-state index in [9.17, 15) is 18.0 Å². The van der Waals surface area contributed by atoms with Crippen LogP contribution in [-0.4, -0.2) is 36.1 Å². The van der Waals surface area contributed by atoms with E-state index in [-0.39, 0.29) is 12.6 Å². The molecule has 0 heterocycles. The van der Waals surface area contributed by atoms with Crippen LogP contribution in [-0.2, 0) is 11.3 Å². The van der Waals surface area contributed by atoms with Crippen LogP contribution in [0.5, 0.6) is 0 Å². The molecule has 0 unspecified atom stereocenters. The Balaban J connectivity index is 2.65. The Bertz CT molecular complexity index is 475. The minimum atomic E-state index is -4.33. The standard InChI is InChI=1S/C14H20F3N3O/c1-10(2)20(9-14(15,16)17)8-13(21)19-12-5-3-4-11(6-12)7-18/h3-6,10H,7-9,18H2,1-2H3,(H,19,21). The number of carbonyl (C=O) groups excluding carboxylic acids is 1. The smallest absolute Gasteiger partial charge is 0.326 e. The second-order valence-electron chi connectivity index (χ2n) is 5.07. The molecule has 0 aliphatic carbocycles. The van der Waals surface area contributed by atoms with Crippen molar-refractivity contribution in [3.63, 3.8) is 0 Å². The van der Waals surface area contributed by atoms with Crippen molar-refractivity contribution < 1.29 is 18.0 Å². The number of hydrogen-bond donors (Lipinski definition) is 2. The monoisotopic (exact) mass is 303 g/mol. The predicted molar refractivity (Wildman–Crippen MR) is 75.7 cm³/mol. The normalized spacial score (nSPS) is 12.0. The number of benzene rings is 1. The molecule has 1 amide bonds. The molecule has 0 saturated carbocycles. The zero-order valence-electron chi connectivity index (χ0n) is 12.1. The van der Waals surface area contributed by atoms with E-state index in [4.69, 9.17) is 5.73 Å². The van der Waals surface area contributed by atoms with E-state index in [2.05, 4.69) is 5.32 Å². The molecular formula is C14H20F3N3O. The van der Waals surface area contributed by atoms with Crippen molar-refractivity contribution in [3.05, 3.63) is 29.8 Å². The average Bonchev–Trinajstić information content (AvgIpc) is 2.36. The van der Waals surface area contributed by atoms with Gasteiger partial charge in [0, 0.05) is 18.3 Å². The summed E-state index contributed by atoms with van der Waals surface area (Å²) in [4.78, 5) is 12.9. The van der Waals surface area contributed by atoms with Gasteiger partial charge in [0.05, 0.1) is 13.1 Å². The maximum absolute atomic E-state index is 12.5. The second-order valence-corrected chi connectivity index (χ2v) is 5.07. The maximum atomic E-state index is 12.5. The summed E-state index contributed by atoms with van der Waals surface area (Å²) < 4.78 is 37.4. The van der Waals surface area contributed by atoms with Gasteiger partial charge in [-0.15, -0.1) is 0 Å². The van der Waals surface area contributed by atoms with Crippen LogP contribution in [0.1, 0.15) is 19.4 Å². The van der Waals surface area contributed by atoms with Gasteiger partial charge in [0.2, 0.25) is 5.91 Å². The van der Waals surface area contributed by atoms with Gasteiger partial charge in [-0.05, 0) is 31.5 Å². The molecule has 0 aliphatic heterocycles. The molecule has 7 heteroatoms. The highest BCUT2D eigenvalue weighted by molar-refractivity contribution is 5.92. The highest BCUT2D eigenvalue weighted by atomic mass is 19.4. The summed E-state index contributed by atoms with van der Waals surface area (Å²) in [6.45, 7) is 2.14. The largest absolute Gasteiger partial charge is 0.401 e. The molecule has 0 atom stereocenters. The number of nitrogens with two attached hydrogens (primary N) is 1. The van der Waals surface area contributed by atoms with Gasteiger partial charge in [0.15, 0.2) is 0 Å². The van der Waals surface area contributed by atoms with Crippen molar-refractivity contribution in [2.45, 2.75) is 32.6 Å². The highest BCUT2D eigenvalue weighted by Gasteiger charge is 2.32. The van der Waals surface area contributed by atoms with Gasteiger partial charge in [-0.3, -0.25) is 9.69 Å². The quantitative estimate of drug-likeness (QED) is 0.848. The third kappa shape index (κ3) is 6.59. The fourth-order valence-electron chi connectivity index (χ4n) is 1.81. The van der Waals surface area contributed by atoms with Crippen molar-refractivity contribution >= 4 is 11.6 Å². The number of alkyl halides is 3. The van der Waals surface area contributed by atoms with Gasteiger partial charge in [0.1, 0.15) is 0 Å². The SMILES string of the molecule is CC(C)N(CC(=O)Nc1cccc(CN)c1)CC(F)(F)F. The van der Waals surface area contributed by atoms with Crippen LogP contribution in [0.25, 0.3) is 0 Å². The molecule has 0 fully saturated rings. The zero-order valence-corrected chi connectivity index (χ0v) is 12.1. The van der Waals surface area contributed by atoms with Crippen LogP contribution in [0.2, 0.25) is 0 Å². The van der Waals surface area contributed by atoms with Crippen LogP contribution in [0, 0.1) is 0 Å². The van der Waals surface area contributed by atoms with Crippen molar-refractivity contribution in [3.8, 4) is 0 Å². The Hall–Kier alpha value is -1.60. The predicted octanol–water partition coefficient (Wildman–Crippen LogP) is 2.36. The average molecular weight is 303 g/mol. The first-order chi connectivity index (χ1) is 9.71. The van der Waals surface area contributed by atoms with E-state index in [1.807, 2.05) is 0 Å². The van der Waals surface area contributed by atoms with Crippen LogP contribution < -0.4 is 11.1 Å². The summed E-state index contributed by atoms with van der Waals surface area (Å²) in [5, 5.41) is 2.58. The lowest BCUT2D eigenvalue weighted by atomic mass is 10.2. The third-order valence-corrected chi connectivity index (χ3v) is 2.91. The van der Waals surface area contributed by atoms with E-state index in [1.54, 1.807) is 38.1 Å². The topological polar surface area (TPSA) is 58.4 Å². The van der Waals surface area contributed by atoms with Gasteiger partial charge in [-0.1, -0.05) is 12.1 Å². The molecule has 1 aromatic rings. The van der Waals surface area contributed by atoms with Gasteiger partial charge < -0.3 is 11.1 Å². The number of amides is 1. The Kier molecular flexibility index (Phi) is 6.17. The summed E-state index contributed by atoms with van der Waals surface area (Å²) in [5.74, 6) is -0.484. The van der Waals surface area contributed by atoms with Crippen LogP contribution in [0.4, 0.5) is 18.9 Å². The summed E-state index contributed by atoms with van der Waals surface area (Å²) in [6, 6.07) is 6.52. The van der Waals surface area contributed by atoms with Crippen molar-refractivity contribution in [2.24, 2.45) is 5.73 Å². The summed E-state index contributed by atoms with van der Waals surface area (Å²) in [7, 11) is 0. The summed E-state index contributed by atoms with van der Waals surface area (Å²) >= 11 is 0. The number of anilines is 1.